The number of carbonyl (C=O) groups excluding carboxylic acids is 1. The Morgan fingerprint density at radius 1 is 1.29 bits per heavy atom. The first-order valence-corrected chi connectivity index (χ1v) is 6.67. The molecule has 1 aromatic heterocycles. The van der Waals surface area contributed by atoms with E-state index in [1.54, 1.807) is 13.0 Å². The lowest BCUT2D eigenvalue weighted by Gasteiger charge is -2.14. The smallest absolute Gasteiger partial charge is 0.311 e. The minimum absolute atomic E-state index is 0.111. The van der Waals surface area contributed by atoms with E-state index in [2.05, 4.69) is 5.32 Å². The highest BCUT2D eigenvalue weighted by atomic mass is 16.5. The number of hydrogen-bond acceptors (Lipinski definition) is 4. The van der Waals surface area contributed by atoms with Crippen LogP contribution in [0.3, 0.4) is 0 Å². The van der Waals surface area contributed by atoms with Gasteiger partial charge in [0.25, 0.3) is 5.91 Å². The van der Waals surface area contributed by atoms with E-state index in [1.807, 2.05) is 18.2 Å². The van der Waals surface area contributed by atoms with E-state index < -0.39 is 23.8 Å². The molecular weight excluding hydrogens is 274 g/mol. The summed E-state index contributed by atoms with van der Waals surface area (Å²) < 4.78 is 10.7. The van der Waals surface area contributed by atoms with Crippen molar-refractivity contribution in [2.24, 2.45) is 5.92 Å². The average Bonchev–Trinajstić information content (AvgIpc) is 3.04. The maximum Gasteiger partial charge on any atom is 0.311 e. The number of benzene rings is 1. The summed E-state index contributed by atoms with van der Waals surface area (Å²) in [6.45, 7) is 2.11. The van der Waals surface area contributed by atoms with Crippen LogP contribution in [-0.2, 0) is 9.53 Å². The van der Waals surface area contributed by atoms with Crippen LogP contribution in [-0.4, -0.2) is 36.2 Å². The fourth-order valence-electron chi connectivity index (χ4n) is 2.56. The van der Waals surface area contributed by atoms with Gasteiger partial charge < -0.3 is 19.6 Å². The fraction of sp³-hybridized carbons (Fsp3) is 0.333. The Bertz CT molecular complexity index is 705. The molecule has 0 spiro atoms. The van der Waals surface area contributed by atoms with Crippen LogP contribution in [0.4, 0.5) is 0 Å². The van der Waals surface area contributed by atoms with Crippen molar-refractivity contribution in [3.63, 3.8) is 0 Å². The van der Waals surface area contributed by atoms with Crippen molar-refractivity contribution >= 4 is 22.8 Å². The molecule has 0 aliphatic carbocycles. The molecule has 3 rings (SSSR count). The van der Waals surface area contributed by atoms with Crippen LogP contribution in [0.2, 0.25) is 0 Å². The minimum Gasteiger partial charge on any atom is -0.481 e. The van der Waals surface area contributed by atoms with Gasteiger partial charge in [0.05, 0.1) is 19.3 Å². The second-order valence-corrected chi connectivity index (χ2v) is 5.11. The summed E-state index contributed by atoms with van der Waals surface area (Å²) in [6, 6.07) is 6.83. The van der Waals surface area contributed by atoms with Gasteiger partial charge in [-0.3, -0.25) is 9.59 Å². The van der Waals surface area contributed by atoms with Crippen LogP contribution in [0.25, 0.3) is 11.0 Å². The van der Waals surface area contributed by atoms with Gasteiger partial charge in [0, 0.05) is 10.9 Å². The first-order valence-electron chi connectivity index (χ1n) is 6.67. The van der Waals surface area contributed by atoms with Crippen molar-refractivity contribution < 1.29 is 23.8 Å². The van der Waals surface area contributed by atoms with Gasteiger partial charge in [0.2, 0.25) is 0 Å². The van der Waals surface area contributed by atoms with Gasteiger partial charge in [-0.15, -0.1) is 0 Å². The van der Waals surface area contributed by atoms with E-state index in [4.69, 9.17) is 14.3 Å². The van der Waals surface area contributed by atoms with Crippen molar-refractivity contribution in [3.05, 3.63) is 35.6 Å². The molecule has 2 atom stereocenters. The molecule has 0 radical (unpaired) electrons. The molecule has 1 aliphatic rings. The fourth-order valence-corrected chi connectivity index (χ4v) is 2.56. The van der Waals surface area contributed by atoms with Gasteiger partial charge in [-0.25, -0.2) is 0 Å². The number of para-hydroxylation sites is 1. The van der Waals surface area contributed by atoms with Crippen molar-refractivity contribution in [3.8, 4) is 0 Å². The van der Waals surface area contributed by atoms with Gasteiger partial charge in [-0.2, -0.15) is 0 Å². The number of aliphatic carboxylic acids is 1. The monoisotopic (exact) mass is 289 g/mol. The van der Waals surface area contributed by atoms with E-state index in [9.17, 15) is 9.59 Å². The molecule has 2 N–H and O–H groups in total. The Balaban J connectivity index is 1.84. The van der Waals surface area contributed by atoms with Gasteiger partial charge in [-0.05, 0) is 13.0 Å². The molecule has 0 bridgehead atoms. The van der Waals surface area contributed by atoms with Crippen molar-refractivity contribution in [1.82, 2.24) is 5.32 Å². The highest BCUT2D eigenvalue weighted by Gasteiger charge is 2.36. The predicted molar refractivity (Wildman–Crippen MR) is 74.2 cm³/mol. The topological polar surface area (TPSA) is 88.8 Å². The quantitative estimate of drug-likeness (QED) is 0.895. The van der Waals surface area contributed by atoms with Crippen molar-refractivity contribution in [1.29, 1.82) is 0 Å². The standard InChI is InChI=1S/C15H15NO5/c1-8-9-4-2-3-5-12(9)21-13(8)14(17)16-11-7-20-6-10(11)15(18)19/h2-5,10-11H,6-7H2,1H3,(H,16,17)(H,18,19). The van der Waals surface area contributed by atoms with Crippen LogP contribution in [0, 0.1) is 12.8 Å². The molecular formula is C15H15NO5. The Morgan fingerprint density at radius 2 is 2.05 bits per heavy atom. The largest absolute Gasteiger partial charge is 0.481 e. The number of rotatable bonds is 3. The van der Waals surface area contributed by atoms with E-state index >= 15 is 0 Å². The van der Waals surface area contributed by atoms with E-state index in [0.717, 1.165) is 10.9 Å². The Hall–Kier alpha value is -2.34. The molecule has 1 fully saturated rings. The van der Waals surface area contributed by atoms with Gasteiger partial charge in [0.15, 0.2) is 5.76 Å². The molecule has 0 saturated carbocycles. The third kappa shape index (κ3) is 2.38. The first-order chi connectivity index (χ1) is 10.1. The van der Waals surface area contributed by atoms with Gasteiger partial charge >= 0.3 is 5.97 Å². The molecule has 110 valence electrons. The van der Waals surface area contributed by atoms with E-state index in [0.29, 0.717) is 5.58 Å². The number of hydrogen-bond donors (Lipinski definition) is 2. The molecule has 1 saturated heterocycles. The molecule has 1 aliphatic heterocycles. The van der Waals surface area contributed by atoms with E-state index in [1.165, 1.54) is 0 Å². The Kier molecular flexibility index (Phi) is 3.39. The average molecular weight is 289 g/mol. The lowest BCUT2D eigenvalue weighted by Crippen LogP contribution is -2.42. The summed E-state index contributed by atoms with van der Waals surface area (Å²) in [4.78, 5) is 23.4. The molecule has 6 nitrogen and oxygen atoms in total. The van der Waals surface area contributed by atoms with Crippen LogP contribution >= 0.6 is 0 Å². The second-order valence-electron chi connectivity index (χ2n) is 5.11. The summed E-state index contributed by atoms with van der Waals surface area (Å²) in [7, 11) is 0. The number of amides is 1. The molecule has 2 heterocycles. The number of carboxylic acid groups (broad SMARTS) is 1. The van der Waals surface area contributed by atoms with Crippen molar-refractivity contribution in [2.45, 2.75) is 13.0 Å². The molecule has 1 amide bonds. The molecule has 2 unspecified atom stereocenters. The Morgan fingerprint density at radius 3 is 2.76 bits per heavy atom. The van der Waals surface area contributed by atoms with Crippen molar-refractivity contribution in [2.75, 3.05) is 13.2 Å². The molecule has 6 heteroatoms. The van der Waals surface area contributed by atoms with Gasteiger partial charge in [-0.1, -0.05) is 18.2 Å². The normalized spacial score (nSPS) is 21.6. The molecule has 21 heavy (non-hydrogen) atoms. The predicted octanol–water partition coefficient (Wildman–Crippen LogP) is 1.57. The number of aryl methyl sites for hydroxylation is 1. The lowest BCUT2D eigenvalue weighted by atomic mass is 10.0. The van der Waals surface area contributed by atoms with Gasteiger partial charge in [0.1, 0.15) is 11.5 Å². The SMILES string of the molecule is Cc1c(C(=O)NC2COCC2C(=O)O)oc2ccccc12. The third-order valence-corrected chi connectivity index (χ3v) is 3.76. The first kappa shape index (κ1) is 13.6. The zero-order valence-electron chi connectivity index (χ0n) is 11.5. The highest BCUT2D eigenvalue weighted by molar-refractivity contribution is 5.99. The number of ether oxygens (including phenoxy) is 1. The summed E-state index contributed by atoms with van der Waals surface area (Å²) >= 11 is 0. The summed E-state index contributed by atoms with van der Waals surface area (Å²) in [5.74, 6) is -1.89. The van der Waals surface area contributed by atoms with Crippen LogP contribution in [0.1, 0.15) is 16.1 Å². The third-order valence-electron chi connectivity index (χ3n) is 3.76. The lowest BCUT2D eigenvalue weighted by molar-refractivity contribution is -0.142. The van der Waals surface area contributed by atoms with Crippen LogP contribution in [0.5, 0.6) is 0 Å². The summed E-state index contributed by atoms with van der Waals surface area (Å²) in [5, 5.41) is 12.6. The number of carbonyl (C=O) groups is 2. The number of carboxylic acids is 1. The zero-order chi connectivity index (χ0) is 15.0. The summed E-state index contributed by atoms with van der Waals surface area (Å²) in [6.07, 6.45) is 0. The molecule has 2 aromatic rings. The molecule has 1 aromatic carbocycles. The Labute approximate surface area is 120 Å². The van der Waals surface area contributed by atoms with Crippen LogP contribution < -0.4 is 5.32 Å². The van der Waals surface area contributed by atoms with Crippen LogP contribution in [0.15, 0.2) is 28.7 Å². The second kappa shape index (κ2) is 5.21. The number of furan rings is 1. The zero-order valence-corrected chi connectivity index (χ0v) is 11.5. The maximum atomic E-state index is 12.3. The number of fused-ring (bicyclic) bond motifs is 1. The minimum atomic E-state index is -0.973. The maximum absolute atomic E-state index is 12.3. The highest BCUT2D eigenvalue weighted by Crippen LogP contribution is 2.25. The summed E-state index contributed by atoms with van der Waals surface area (Å²) in [5.41, 5.74) is 1.38. The van der Waals surface area contributed by atoms with E-state index in [-0.39, 0.29) is 19.0 Å². The number of nitrogens with one attached hydrogen (secondary N) is 1.